The third-order valence-electron chi connectivity index (χ3n) is 6.35. The van der Waals surface area contributed by atoms with Crippen molar-refractivity contribution < 1.29 is 13.9 Å². The Morgan fingerprint density at radius 3 is 1.90 bits per heavy atom. The molecule has 1 aliphatic rings. The van der Waals surface area contributed by atoms with E-state index in [0.29, 0.717) is 26.4 Å². The molecule has 0 bridgehead atoms. The SMILES string of the molecule is CC(C)(C)[Si](C)(C)OC[C@H]1N[C@H](COCc2ccccc2)[C@H]1OCc1ccccc1. The van der Waals surface area contributed by atoms with Crippen LogP contribution in [0.15, 0.2) is 60.7 Å². The van der Waals surface area contributed by atoms with Gasteiger partial charge in [-0.1, -0.05) is 81.4 Å². The summed E-state index contributed by atoms with van der Waals surface area (Å²) < 4.78 is 18.8. The minimum absolute atomic E-state index is 0.0887. The topological polar surface area (TPSA) is 39.7 Å². The van der Waals surface area contributed by atoms with E-state index < -0.39 is 8.32 Å². The van der Waals surface area contributed by atoms with Crippen LogP contribution in [0.1, 0.15) is 31.9 Å². The molecule has 0 saturated carbocycles. The Kier molecular flexibility index (Phi) is 7.88. The van der Waals surface area contributed by atoms with Crippen LogP contribution in [0.25, 0.3) is 0 Å². The molecule has 4 nitrogen and oxygen atoms in total. The molecule has 1 N–H and O–H groups in total. The standard InChI is InChI=1S/C25H37NO3Si/c1-25(2,3)30(4,5)29-19-23-24(28-17-21-14-10-7-11-15-21)22(26-23)18-27-16-20-12-8-6-9-13-20/h6-15,22-24,26H,16-19H2,1-5H3/t22-,23-,24-/m1/s1. The third kappa shape index (κ3) is 6.25. The molecule has 164 valence electrons. The van der Waals surface area contributed by atoms with Gasteiger partial charge in [0.05, 0.1) is 44.6 Å². The lowest BCUT2D eigenvalue weighted by molar-refractivity contribution is -0.0987. The largest absolute Gasteiger partial charge is 0.415 e. The summed E-state index contributed by atoms with van der Waals surface area (Å²) in [7, 11) is -1.78. The van der Waals surface area contributed by atoms with E-state index in [1.54, 1.807) is 0 Å². The lowest BCUT2D eigenvalue weighted by Gasteiger charge is -2.47. The second-order valence-electron chi connectivity index (χ2n) is 9.71. The zero-order chi connectivity index (χ0) is 21.6. The first-order chi connectivity index (χ1) is 14.3. The van der Waals surface area contributed by atoms with Crippen LogP contribution in [-0.4, -0.2) is 39.7 Å². The zero-order valence-corrected chi connectivity index (χ0v) is 20.1. The van der Waals surface area contributed by atoms with Crippen LogP contribution in [-0.2, 0) is 27.1 Å². The Hall–Kier alpha value is -1.50. The molecule has 3 rings (SSSR count). The predicted octanol–water partition coefficient (Wildman–Crippen LogP) is 5.15. The van der Waals surface area contributed by atoms with Gasteiger partial charge >= 0.3 is 0 Å². The fourth-order valence-corrected chi connectivity index (χ4v) is 4.33. The summed E-state index contributed by atoms with van der Waals surface area (Å²) in [5.74, 6) is 0. The van der Waals surface area contributed by atoms with E-state index in [2.05, 4.69) is 75.6 Å². The molecule has 2 aromatic carbocycles. The van der Waals surface area contributed by atoms with E-state index in [1.165, 1.54) is 11.1 Å². The first kappa shape index (κ1) is 23.2. The predicted molar refractivity (Wildman–Crippen MR) is 125 cm³/mol. The summed E-state index contributed by atoms with van der Waals surface area (Å²) in [6, 6.07) is 21.0. The summed E-state index contributed by atoms with van der Waals surface area (Å²) >= 11 is 0. The van der Waals surface area contributed by atoms with Crippen LogP contribution in [0.4, 0.5) is 0 Å². The number of nitrogens with one attached hydrogen (secondary N) is 1. The van der Waals surface area contributed by atoms with Gasteiger partial charge < -0.3 is 19.2 Å². The summed E-state index contributed by atoms with van der Waals surface area (Å²) in [6.45, 7) is 14.0. The smallest absolute Gasteiger partial charge is 0.192 e. The Morgan fingerprint density at radius 2 is 1.33 bits per heavy atom. The van der Waals surface area contributed by atoms with E-state index in [1.807, 2.05) is 24.3 Å². The minimum atomic E-state index is -1.78. The van der Waals surface area contributed by atoms with E-state index >= 15 is 0 Å². The molecule has 0 aliphatic carbocycles. The van der Waals surface area contributed by atoms with Crippen molar-refractivity contribution in [1.29, 1.82) is 0 Å². The highest BCUT2D eigenvalue weighted by Crippen LogP contribution is 2.37. The number of benzene rings is 2. The van der Waals surface area contributed by atoms with Crippen molar-refractivity contribution in [3.8, 4) is 0 Å². The molecule has 0 radical (unpaired) electrons. The van der Waals surface area contributed by atoms with Gasteiger partial charge in [-0.3, -0.25) is 0 Å². The van der Waals surface area contributed by atoms with Crippen molar-refractivity contribution in [1.82, 2.24) is 5.32 Å². The first-order valence-electron chi connectivity index (χ1n) is 10.9. The van der Waals surface area contributed by atoms with Gasteiger partial charge in [-0.15, -0.1) is 0 Å². The molecule has 0 amide bonds. The number of rotatable bonds is 10. The highest BCUT2D eigenvalue weighted by atomic mass is 28.4. The van der Waals surface area contributed by atoms with Crippen molar-refractivity contribution in [2.45, 2.75) is 70.3 Å². The second-order valence-corrected chi connectivity index (χ2v) is 14.5. The molecule has 1 saturated heterocycles. The van der Waals surface area contributed by atoms with Gasteiger partial charge in [-0.25, -0.2) is 0 Å². The highest BCUT2D eigenvalue weighted by Gasteiger charge is 2.44. The minimum Gasteiger partial charge on any atom is -0.415 e. The lowest BCUT2D eigenvalue weighted by Crippen LogP contribution is -2.70. The summed E-state index contributed by atoms with van der Waals surface area (Å²) in [4.78, 5) is 0. The zero-order valence-electron chi connectivity index (χ0n) is 19.1. The number of ether oxygens (including phenoxy) is 2. The van der Waals surface area contributed by atoms with E-state index in [4.69, 9.17) is 13.9 Å². The molecule has 30 heavy (non-hydrogen) atoms. The molecule has 1 fully saturated rings. The maximum absolute atomic E-state index is 6.46. The van der Waals surface area contributed by atoms with Crippen LogP contribution < -0.4 is 5.32 Å². The number of hydrogen-bond acceptors (Lipinski definition) is 4. The maximum atomic E-state index is 6.46. The molecular weight excluding hydrogens is 390 g/mol. The van der Waals surface area contributed by atoms with Crippen LogP contribution in [0.3, 0.4) is 0 Å². The molecule has 3 atom stereocenters. The maximum Gasteiger partial charge on any atom is 0.192 e. The number of hydrogen-bond donors (Lipinski definition) is 1. The van der Waals surface area contributed by atoms with Gasteiger partial charge in [0.1, 0.15) is 0 Å². The first-order valence-corrected chi connectivity index (χ1v) is 13.8. The molecule has 0 unspecified atom stereocenters. The van der Waals surface area contributed by atoms with E-state index in [-0.39, 0.29) is 23.2 Å². The van der Waals surface area contributed by atoms with Crippen molar-refractivity contribution in [3.05, 3.63) is 71.8 Å². The molecule has 1 heterocycles. The van der Waals surface area contributed by atoms with Crippen molar-refractivity contribution in [2.24, 2.45) is 0 Å². The van der Waals surface area contributed by atoms with Gasteiger partial charge in [0.25, 0.3) is 0 Å². The summed E-state index contributed by atoms with van der Waals surface area (Å²) in [6.07, 6.45) is 0.0887. The third-order valence-corrected chi connectivity index (χ3v) is 10.8. The summed E-state index contributed by atoms with van der Waals surface area (Å²) in [5, 5.41) is 3.83. The quantitative estimate of drug-likeness (QED) is 0.532. The Balaban J connectivity index is 1.54. The molecular formula is C25H37NO3Si. The Labute approximate surface area is 183 Å². The molecule has 1 aliphatic heterocycles. The normalized spacial score (nSPS) is 22.0. The van der Waals surface area contributed by atoms with Gasteiger partial charge in [0, 0.05) is 0 Å². The molecule has 5 heteroatoms. The van der Waals surface area contributed by atoms with Gasteiger partial charge in [-0.05, 0) is 29.3 Å². The lowest BCUT2D eigenvalue weighted by atomic mass is 9.94. The Morgan fingerprint density at radius 1 is 0.800 bits per heavy atom. The monoisotopic (exact) mass is 427 g/mol. The Bertz CT molecular complexity index is 761. The van der Waals surface area contributed by atoms with E-state index in [0.717, 1.165) is 0 Å². The van der Waals surface area contributed by atoms with Crippen LogP contribution in [0.5, 0.6) is 0 Å². The van der Waals surface area contributed by atoms with Gasteiger partial charge in [-0.2, -0.15) is 0 Å². The molecule has 2 aromatic rings. The van der Waals surface area contributed by atoms with Crippen LogP contribution >= 0.6 is 0 Å². The second kappa shape index (κ2) is 10.2. The van der Waals surface area contributed by atoms with Crippen LogP contribution in [0.2, 0.25) is 18.1 Å². The van der Waals surface area contributed by atoms with Crippen LogP contribution in [0, 0.1) is 0 Å². The van der Waals surface area contributed by atoms with Gasteiger partial charge in [0.15, 0.2) is 8.32 Å². The van der Waals surface area contributed by atoms with Crippen molar-refractivity contribution >= 4 is 8.32 Å². The van der Waals surface area contributed by atoms with E-state index in [9.17, 15) is 0 Å². The molecule has 0 aromatic heterocycles. The fourth-order valence-electron chi connectivity index (χ4n) is 3.30. The average Bonchev–Trinajstić information content (AvgIpc) is 2.70. The van der Waals surface area contributed by atoms with Crippen molar-refractivity contribution in [3.63, 3.8) is 0 Å². The fraction of sp³-hybridized carbons (Fsp3) is 0.520. The summed E-state index contributed by atoms with van der Waals surface area (Å²) in [5.41, 5.74) is 2.38. The highest BCUT2D eigenvalue weighted by molar-refractivity contribution is 6.74. The molecule has 0 spiro atoms. The average molecular weight is 428 g/mol. The van der Waals surface area contributed by atoms with Gasteiger partial charge in [0.2, 0.25) is 0 Å². The van der Waals surface area contributed by atoms with Crippen molar-refractivity contribution in [2.75, 3.05) is 13.2 Å².